The van der Waals surface area contributed by atoms with E-state index in [1.807, 2.05) is 0 Å². The Bertz CT molecular complexity index is 289. The van der Waals surface area contributed by atoms with Crippen LogP contribution < -0.4 is 11.1 Å². The van der Waals surface area contributed by atoms with Crippen molar-refractivity contribution in [1.82, 2.24) is 10.2 Å². The van der Waals surface area contributed by atoms with Crippen LogP contribution in [0, 0.1) is 5.92 Å². The molecule has 4 nitrogen and oxygen atoms in total. The molecule has 1 aliphatic heterocycles. The van der Waals surface area contributed by atoms with E-state index in [1.165, 1.54) is 19.3 Å². The zero-order valence-corrected chi connectivity index (χ0v) is 12.2. The molecule has 0 aromatic carbocycles. The fourth-order valence-corrected chi connectivity index (χ4v) is 3.18. The second-order valence-corrected chi connectivity index (χ2v) is 6.38. The molecule has 2 unspecified atom stereocenters. The first-order valence-electron chi connectivity index (χ1n) is 7.92. The van der Waals surface area contributed by atoms with Crippen LogP contribution in [0.4, 0.5) is 0 Å². The summed E-state index contributed by atoms with van der Waals surface area (Å²) in [5.41, 5.74) is 6.08. The average Bonchev–Trinajstić information content (AvgIpc) is 2.41. The normalized spacial score (nSPS) is 30.2. The molecule has 1 amide bonds. The summed E-state index contributed by atoms with van der Waals surface area (Å²) < 4.78 is 0. The highest BCUT2D eigenvalue weighted by atomic mass is 16.1. The van der Waals surface area contributed by atoms with E-state index in [4.69, 9.17) is 5.73 Å². The summed E-state index contributed by atoms with van der Waals surface area (Å²) >= 11 is 0. The minimum Gasteiger partial charge on any atom is -0.353 e. The maximum atomic E-state index is 11.9. The van der Waals surface area contributed by atoms with Crippen LogP contribution in [-0.2, 0) is 4.79 Å². The Morgan fingerprint density at radius 3 is 2.68 bits per heavy atom. The Kier molecular flexibility index (Phi) is 5.64. The summed E-state index contributed by atoms with van der Waals surface area (Å²) in [6.45, 7) is 5.11. The second-order valence-electron chi connectivity index (χ2n) is 6.38. The highest BCUT2D eigenvalue weighted by molar-refractivity contribution is 5.76. The van der Waals surface area contributed by atoms with Gasteiger partial charge in [-0.15, -0.1) is 0 Å². The number of likely N-dealkylation sites (tertiary alicyclic amines) is 1. The van der Waals surface area contributed by atoms with E-state index in [2.05, 4.69) is 17.1 Å². The van der Waals surface area contributed by atoms with Crippen LogP contribution in [0.2, 0.25) is 0 Å². The molecule has 4 heteroatoms. The van der Waals surface area contributed by atoms with Crippen molar-refractivity contribution in [2.45, 2.75) is 64.0 Å². The number of hydrogen-bond acceptors (Lipinski definition) is 3. The molecule has 0 aromatic heterocycles. The molecule has 1 saturated heterocycles. The van der Waals surface area contributed by atoms with Gasteiger partial charge in [-0.1, -0.05) is 26.2 Å². The summed E-state index contributed by atoms with van der Waals surface area (Å²) in [5, 5.41) is 3.18. The van der Waals surface area contributed by atoms with Gasteiger partial charge in [0.2, 0.25) is 5.91 Å². The van der Waals surface area contributed by atoms with Crippen LogP contribution in [0.15, 0.2) is 0 Å². The van der Waals surface area contributed by atoms with Gasteiger partial charge in [-0.2, -0.15) is 0 Å². The fourth-order valence-electron chi connectivity index (χ4n) is 3.18. The Balaban J connectivity index is 1.63. The van der Waals surface area contributed by atoms with E-state index >= 15 is 0 Å². The summed E-state index contributed by atoms with van der Waals surface area (Å²) in [4.78, 5) is 14.3. The Morgan fingerprint density at radius 2 is 2.00 bits per heavy atom. The monoisotopic (exact) mass is 267 g/mol. The molecule has 0 spiro atoms. The number of carbonyl (C=O) groups excluding carboxylic acids is 1. The van der Waals surface area contributed by atoms with Gasteiger partial charge in [-0.25, -0.2) is 0 Å². The first kappa shape index (κ1) is 14.8. The molecule has 0 radical (unpaired) electrons. The van der Waals surface area contributed by atoms with Crippen LogP contribution in [0.25, 0.3) is 0 Å². The summed E-state index contributed by atoms with van der Waals surface area (Å²) in [7, 11) is 0. The van der Waals surface area contributed by atoms with Crippen LogP contribution in [-0.4, -0.2) is 42.5 Å². The van der Waals surface area contributed by atoms with Gasteiger partial charge in [-0.3, -0.25) is 4.79 Å². The Hall–Kier alpha value is -0.610. The quantitative estimate of drug-likeness (QED) is 0.811. The molecule has 0 bridgehead atoms. The van der Waals surface area contributed by atoms with Crippen molar-refractivity contribution in [3.63, 3.8) is 0 Å². The Morgan fingerprint density at radius 1 is 1.26 bits per heavy atom. The lowest BCUT2D eigenvalue weighted by molar-refractivity contribution is -0.122. The molecule has 2 fully saturated rings. The molecule has 2 aliphatic rings. The zero-order valence-electron chi connectivity index (χ0n) is 12.2. The van der Waals surface area contributed by atoms with E-state index < -0.39 is 0 Å². The van der Waals surface area contributed by atoms with E-state index in [0.717, 1.165) is 38.9 Å². The van der Waals surface area contributed by atoms with Crippen molar-refractivity contribution < 1.29 is 4.79 Å². The molecule has 1 saturated carbocycles. The molecule has 2 rings (SSSR count). The highest BCUT2D eigenvalue weighted by Gasteiger charge is 2.23. The minimum absolute atomic E-state index is 0.221. The number of nitrogens with one attached hydrogen (secondary N) is 1. The summed E-state index contributed by atoms with van der Waals surface area (Å²) in [6.07, 6.45) is 7.97. The predicted molar refractivity (Wildman–Crippen MR) is 77.8 cm³/mol. The number of nitrogens with two attached hydrogens (primary N) is 1. The van der Waals surface area contributed by atoms with Gasteiger partial charge < -0.3 is 16.0 Å². The molecule has 3 N–H and O–H groups in total. The number of piperidine rings is 1. The van der Waals surface area contributed by atoms with Crippen molar-refractivity contribution in [1.29, 1.82) is 0 Å². The minimum atomic E-state index is 0.221. The molecule has 0 aromatic rings. The molecular formula is C15H29N3O. The van der Waals surface area contributed by atoms with Gasteiger partial charge in [0, 0.05) is 31.6 Å². The molecule has 110 valence electrons. The van der Waals surface area contributed by atoms with E-state index in [0.29, 0.717) is 18.4 Å². The van der Waals surface area contributed by atoms with Crippen LogP contribution >= 0.6 is 0 Å². The van der Waals surface area contributed by atoms with Gasteiger partial charge in [0.1, 0.15) is 0 Å². The first-order chi connectivity index (χ1) is 9.15. The number of carbonyl (C=O) groups is 1. The van der Waals surface area contributed by atoms with E-state index in [1.54, 1.807) is 0 Å². The smallest absolute Gasteiger partial charge is 0.221 e. The van der Waals surface area contributed by atoms with E-state index in [-0.39, 0.29) is 11.9 Å². The third kappa shape index (κ3) is 4.77. The predicted octanol–water partition coefficient (Wildman–Crippen LogP) is 1.49. The molecule has 19 heavy (non-hydrogen) atoms. The third-order valence-electron chi connectivity index (χ3n) is 4.73. The molecule has 1 heterocycles. The van der Waals surface area contributed by atoms with Crippen molar-refractivity contribution >= 4 is 5.91 Å². The standard InChI is InChI=1S/C15H29N3O/c1-12-7-9-18(11-14(12)16)10-8-15(19)17-13-5-3-2-4-6-13/h12-14H,2-11,16H2,1H3,(H,17,19). The van der Waals surface area contributed by atoms with Crippen molar-refractivity contribution in [2.24, 2.45) is 11.7 Å². The zero-order chi connectivity index (χ0) is 13.7. The van der Waals surface area contributed by atoms with Crippen molar-refractivity contribution in [3.8, 4) is 0 Å². The van der Waals surface area contributed by atoms with Gasteiger partial charge in [0.05, 0.1) is 0 Å². The summed E-state index contributed by atoms with van der Waals surface area (Å²) in [5.74, 6) is 0.839. The summed E-state index contributed by atoms with van der Waals surface area (Å²) in [6, 6.07) is 0.708. The highest BCUT2D eigenvalue weighted by Crippen LogP contribution is 2.18. The number of amides is 1. The Labute approximate surface area is 117 Å². The van der Waals surface area contributed by atoms with Crippen LogP contribution in [0.1, 0.15) is 51.9 Å². The number of nitrogens with zero attached hydrogens (tertiary/aromatic N) is 1. The van der Waals surface area contributed by atoms with Gasteiger partial charge in [0.15, 0.2) is 0 Å². The lowest BCUT2D eigenvalue weighted by atomic mass is 9.94. The average molecular weight is 267 g/mol. The molecule has 1 aliphatic carbocycles. The van der Waals surface area contributed by atoms with Crippen molar-refractivity contribution in [2.75, 3.05) is 19.6 Å². The lowest BCUT2D eigenvalue weighted by Crippen LogP contribution is -2.48. The third-order valence-corrected chi connectivity index (χ3v) is 4.73. The molecule has 2 atom stereocenters. The van der Waals surface area contributed by atoms with Gasteiger partial charge in [-0.05, 0) is 31.7 Å². The first-order valence-corrected chi connectivity index (χ1v) is 7.92. The largest absolute Gasteiger partial charge is 0.353 e. The number of rotatable bonds is 4. The van der Waals surface area contributed by atoms with Gasteiger partial charge >= 0.3 is 0 Å². The van der Waals surface area contributed by atoms with Crippen LogP contribution in [0.5, 0.6) is 0 Å². The number of hydrogen-bond donors (Lipinski definition) is 2. The maximum Gasteiger partial charge on any atom is 0.221 e. The van der Waals surface area contributed by atoms with E-state index in [9.17, 15) is 4.79 Å². The molecular weight excluding hydrogens is 238 g/mol. The second kappa shape index (κ2) is 7.25. The van der Waals surface area contributed by atoms with Crippen molar-refractivity contribution in [3.05, 3.63) is 0 Å². The lowest BCUT2D eigenvalue weighted by Gasteiger charge is -2.35. The topological polar surface area (TPSA) is 58.4 Å². The van der Waals surface area contributed by atoms with Crippen LogP contribution in [0.3, 0.4) is 0 Å². The van der Waals surface area contributed by atoms with Gasteiger partial charge in [0.25, 0.3) is 0 Å². The fraction of sp³-hybridized carbons (Fsp3) is 0.933. The maximum absolute atomic E-state index is 11.9. The SMILES string of the molecule is CC1CCN(CCC(=O)NC2CCCCC2)CC1N.